The maximum atomic E-state index is 9.29. The maximum Gasteiger partial charge on any atom is 0.241 e. The van der Waals surface area contributed by atoms with Crippen LogP contribution in [0.4, 0.5) is 11.9 Å². The Morgan fingerprint density at radius 3 is 2.48 bits per heavy atom. The standard InChI is InChI=1S/C13H21N7O/c1-3-5-15-11-17-12(16-6-4-10(2)21)19-13(18-11)20-8-7-14-9-20/h7-10,21H,3-6H2,1-2H3,(H2,15,16,17,18,19). The molecule has 114 valence electrons. The van der Waals surface area contributed by atoms with Crippen LogP contribution in [-0.2, 0) is 0 Å². The fourth-order valence-electron chi connectivity index (χ4n) is 1.65. The summed E-state index contributed by atoms with van der Waals surface area (Å²) in [6.07, 6.45) is 6.34. The van der Waals surface area contributed by atoms with Gasteiger partial charge < -0.3 is 15.7 Å². The van der Waals surface area contributed by atoms with Crippen LogP contribution in [0.1, 0.15) is 26.7 Å². The molecule has 0 bridgehead atoms. The third kappa shape index (κ3) is 4.67. The van der Waals surface area contributed by atoms with E-state index in [0.29, 0.717) is 30.8 Å². The number of aromatic nitrogens is 5. The van der Waals surface area contributed by atoms with Gasteiger partial charge in [0.05, 0.1) is 6.10 Å². The lowest BCUT2D eigenvalue weighted by molar-refractivity contribution is 0.188. The Morgan fingerprint density at radius 1 is 1.19 bits per heavy atom. The Morgan fingerprint density at radius 2 is 1.90 bits per heavy atom. The monoisotopic (exact) mass is 291 g/mol. The molecule has 3 N–H and O–H groups in total. The lowest BCUT2D eigenvalue weighted by atomic mass is 10.3. The zero-order valence-electron chi connectivity index (χ0n) is 12.3. The van der Waals surface area contributed by atoms with Crippen LogP contribution in [0.5, 0.6) is 0 Å². The minimum Gasteiger partial charge on any atom is -0.393 e. The van der Waals surface area contributed by atoms with Crippen molar-refractivity contribution in [2.75, 3.05) is 23.7 Å². The predicted molar refractivity (Wildman–Crippen MR) is 80.5 cm³/mol. The lowest BCUT2D eigenvalue weighted by Gasteiger charge is -2.10. The number of rotatable bonds is 8. The molecule has 8 heteroatoms. The first-order chi connectivity index (χ1) is 10.2. The van der Waals surface area contributed by atoms with Gasteiger partial charge in [0.1, 0.15) is 6.33 Å². The van der Waals surface area contributed by atoms with Gasteiger partial charge in [-0.15, -0.1) is 0 Å². The summed E-state index contributed by atoms with van der Waals surface area (Å²) in [4.78, 5) is 17.0. The molecule has 1 atom stereocenters. The maximum absolute atomic E-state index is 9.29. The average Bonchev–Trinajstić information content (AvgIpc) is 2.99. The molecule has 2 rings (SSSR count). The van der Waals surface area contributed by atoms with E-state index in [4.69, 9.17) is 0 Å². The summed E-state index contributed by atoms with van der Waals surface area (Å²) in [5.74, 6) is 1.50. The number of hydrogen-bond acceptors (Lipinski definition) is 7. The number of aliphatic hydroxyl groups excluding tert-OH is 1. The number of anilines is 2. The van der Waals surface area contributed by atoms with E-state index in [1.807, 2.05) is 0 Å². The van der Waals surface area contributed by atoms with Gasteiger partial charge in [-0.2, -0.15) is 15.0 Å². The second kappa shape index (κ2) is 7.53. The molecular formula is C13H21N7O. The van der Waals surface area contributed by atoms with Crippen LogP contribution >= 0.6 is 0 Å². The van der Waals surface area contributed by atoms with E-state index in [1.165, 1.54) is 0 Å². The van der Waals surface area contributed by atoms with Crippen molar-refractivity contribution in [3.05, 3.63) is 18.7 Å². The second-order valence-corrected chi connectivity index (χ2v) is 4.74. The van der Waals surface area contributed by atoms with Crippen LogP contribution in [0.3, 0.4) is 0 Å². The van der Waals surface area contributed by atoms with Crippen LogP contribution < -0.4 is 10.6 Å². The summed E-state index contributed by atoms with van der Waals surface area (Å²) >= 11 is 0. The van der Waals surface area contributed by atoms with E-state index < -0.39 is 0 Å². The quantitative estimate of drug-likeness (QED) is 0.668. The van der Waals surface area contributed by atoms with Crippen LogP contribution in [-0.4, -0.2) is 48.8 Å². The lowest BCUT2D eigenvalue weighted by Crippen LogP contribution is -2.15. The van der Waals surface area contributed by atoms with Crippen molar-refractivity contribution in [1.82, 2.24) is 24.5 Å². The fourth-order valence-corrected chi connectivity index (χ4v) is 1.65. The Balaban J connectivity index is 2.16. The molecule has 0 amide bonds. The van der Waals surface area contributed by atoms with Crippen molar-refractivity contribution in [1.29, 1.82) is 0 Å². The van der Waals surface area contributed by atoms with Gasteiger partial charge in [0.25, 0.3) is 0 Å². The van der Waals surface area contributed by atoms with E-state index in [2.05, 4.69) is 37.5 Å². The van der Waals surface area contributed by atoms with Crippen LogP contribution in [0.2, 0.25) is 0 Å². The third-order valence-electron chi connectivity index (χ3n) is 2.74. The third-order valence-corrected chi connectivity index (χ3v) is 2.74. The first kappa shape index (κ1) is 15.2. The van der Waals surface area contributed by atoms with Gasteiger partial charge in [0.15, 0.2) is 0 Å². The summed E-state index contributed by atoms with van der Waals surface area (Å²) in [7, 11) is 0. The summed E-state index contributed by atoms with van der Waals surface area (Å²) in [6.45, 7) is 5.21. The van der Waals surface area contributed by atoms with E-state index in [1.54, 1.807) is 30.2 Å². The van der Waals surface area contributed by atoms with Gasteiger partial charge in [-0.3, -0.25) is 4.57 Å². The summed E-state index contributed by atoms with van der Waals surface area (Å²) in [5, 5.41) is 15.5. The number of aliphatic hydroxyl groups is 1. The minimum absolute atomic E-state index is 0.356. The van der Waals surface area contributed by atoms with Gasteiger partial charge >= 0.3 is 0 Å². The van der Waals surface area contributed by atoms with Crippen LogP contribution in [0.15, 0.2) is 18.7 Å². The average molecular weight is 291 g/mol. The van der Waals surface area contributed by atoms with Crippen molar-refractivity contribution in [3.8, 4) is 5.95 Å². The Kier molecular flexibility index (Phi) is 5.44. The van der Waals surface area contributed by atoms with Gasteiger partial charge in [0, 0.05) is 25.5 Å². The molecule has 21 heavy (non-hydrogen) atoms. The highest BCUT2D eigenvalue weighted by molar-refractivity contribution is 5.37. The first-order valence-corrected chi connectivity index (χ1v) is 7.09. The Labute approximate surface area is 123 Å². The highest BCUT2D eigenvalue weighted by Crippen LogP contribution is 2.09. The van der Waals surface area contributed by atoms with E-state index >= 15 is 0 Å². The van der Waals surface area contributed by atoms with Crippen molar-refractivity contribution in [2.45, 2.75) is 32.8 Å². The molecule has 0 aliphatic heterocycles. The van der Waals surface area contributed by atoms with Crippen LogP contribution in [0, 0.1) is 0 Å². The van der Waals surface area contributed by atoms with E-state index in [-0.39, 0.29) is 6.10 Å². The largest absolute Gasteiger partial charge is 0.393 e. The molecule has 8 nitrogen and oxygen atoms in total. The summed E-state index contributed by atoms with van der Waals surface area (Å²) < 4.78 is 1.72. The van der Waals surface area contributed by atoms with Crippen molar-refractivity contribution in [3.63, 3.8) is 0 Å². The molecule has 2 aromatic rings. The summed E-state index contributed by atoms with van der Waals surface area (Å²) in [5.41, 5.74) is 0. The molecule has 0 fully saturated rings. The smallest absolute Gasteiger partial charge is 0.241 e. The molecule has 1 unspecified atom stereocenters. The molecule has 0 aliphatic rings. The molecule has 0 saturated carbocycles. The zero-order valence-corrected chi connectivity index (χ0v) is 12.3. The SMILES string of the molecule is CCCNc1nc(NCCC(C)O)nc(-n2ccnc2)n1. The second-order valence-electron chi connectivity index (χ2n) is 4.74. The molecule has 0 aromatic carbocycles. The van der Waals surface area contributed by atoms with Crippen molar-refractivity contribution in [2.24, 2.45) is 0 Å². The molecule has 0 saturated heterocycles. The highest BCUT2D eigenvalue weighted by Gasteiger charge is 2.08. The fraction of sp³-hybridized carbons (Fsp3) is 0.538. The predicted octanol–water partition coefficient (Wildman–Crippen LogP) is 1.06. The Hall–Kier alpha value is -2.22. The number of imidazole rings is 1. The summed E-state index contributed by atoms with van der Waals surface area (Å²) in [6, 6.07) is 0. The van der Waals surface area contributed by atoms with E-state index in [0.717, 1.165) is 13.0 Å². The molecule has 0 radical (unpaired) electrons. The topological polar surface area (TPSA) is 101 Å². The van der Waals surface area contributed by atoms with Crippen molar-refractivity contribution < 1.29 is 5.11 Å². The van der Waals surface area contributed by atoms with Gasteiger partial charge in [-0.25, -0.2) is 4.98 Å². The minimum atomic E-state index is -0.356. The van der Waals surface area contributed by atoms with Crippen molar-refractivity contribution >= 4 is 11.9 Å². The van der Waals surface area contributed by atoms with Crippen LogP contribution in [0.25, 0.3) is 5.95 Å². The Bertz CT molecular complexity index is 541. The molecule has 0 aliphatic carbocycles. The van der Waals surface area contributed by atoms with Gasteiger partial charge in [-0.1, -0.05) is 6.92 Å². The normalized spacial score (nSPS) is 12.1. The molecular weight excluding hydrogens is 270 g/mol. The van der Waals surface area contributed by atoms with Gasteiger partial charge in [0.2, 0.25) is 17.8 Å². The van der Waals surface area contributed by atoms with Gasteiger partial charge in [-0.05, 0) is 19.8 Å². The molecule has 2 aromatic heterocycles. The van der Waals surface area contributed by atoms with E-state index in [9.17, 15) is 5.11 Å². The highest BCUT2D eigenvalue weighted by atomic mass is 16.3. The zero-order chi connectivity index (χ0) is 15.1. The molecule has 2 heterocycles. The number of nitrogens with zero attached hydrogens (tertiary/aromatic N) is 5. The first-order valence-electron chi connectivity index (χ1n) is 7.09. The number of hydrogen-bond donors (Lipinski definition) is 3. The number of nitrogens with one attached hydrogen (secondary N) is 2. The molecule has 0 spiro atoms.